The van der Waals surface area contributed by atoms with Crippen molar-refractivity contribution in [3.8, 4) is 11.3 Å². The van der Waals surface area contributed by atoms with Gasteiger partial charge in [0.25, 0.3) is 0 Å². The number of ether oxygens (including phenoxy) is 1. The van der Waals surface area contributed by atoms with Crippen molar-refractivity contribution >= 4 is 46.6 Å². The van der Waals surface area contributed by atoms with Crippen LogP contribution in [-0.2, 0) is 10.9 Å². The first-order valence-corrected chi connectivity index (χ1v) is 8.65. The average Bonchev–Trinajstić information content (AvgIpc) is 2.54. The summed E-state index contributed by atoms with van der Waals surface area (Å²) in [5.74, 6) is 0. The van der Waals surface area contributed by atoms with Crippen molar-refractivity contribution in [3.05, 3.63) is 47.2 Å². The van der Waals surface area contributed by atoms with Gasteiger partial charge in [-0.3, -0.25) is 10.3 Å². The zero-order valence-electron chi connectivity index (χ0n) is 14.1. The molecule has 10 heteroatoms. The molecule has 0 saturated heterocycles. The Balaban J connectivity index is 2.41. The van der Waals surface area contributed by atoms with E-state index in [0.717, 1.165) is 17.2 Å². The third kappa shape index (κ3) is 6.16. The molecule has 1 aromatic carbocycles. The fourth-order valence-electron chi connectivity index (χ4n) is 2.13. The molecular formula is C17H14Cl3F3N2O2. The highest BCUT2D eigenvalue weighted by molar-refractivity contribution is 6.67. The second-order valence-corrected chi connectivity index (χ2v) is 8.25. The van der Waals surface area contributed by atoms with Gasteiger partial charge in [-0.2, -0.15) is 13.2 Å². The zero-order valence-corrected chi connectivity index (χ0v) is 16.4. The molecule has 1 amide bonds. The molecule has 0 bridgehead atoms. The number of benzene rings is 1. The first-order chi connectivity index (χ1) is 12.4. The maximum absolute atomic E-state index is 13.0. The number of aryl methyl sites for hydroxylation is 2. The molecular weight excluding hydrogens is 428 g/mol. The number of nitrogens with one attached hydrogen (secondary N) is 1. The van der Waals surface area contributed by atoms with E-state index in [4.69, 9.17) is 39.5 Å². The summed E-state index contributed by atoms with van der Waals surface area (Å²) >= 11 is 16.5. The highest BCUT2D eigenvalue weighted by Gasteiger charge is 2.32. The van der Waals surface area contributed by atoms with Gasteiger partial charge >= 0.3 is 12.3 Å². The van der Waals surface area contributed by atoms with Gasteiger partial charge in [-0.1, -0.05) is 46.9 Å². The molecule has 0 unspecified atom stereocenters. The van der Waals surface area contributed by atoms with E-state index in [0.29, 0.717) is 11.8 Å². The fourth-order valence-corrected chi connectivity index (χ4v) is 2.29. The minimum absolute atomic E-state index is 0.150. The average molecular weight is 442 g/mol. The molecule has 0 aliphatic heterocycles. The van der Waals surface area contributed by atoms with E-state index in [1.165, 1.54) is 0 Å². The molecule has 1 aromatic heterocycles. The summed E-state index contributed by atoms with van der Waals surface area (Å²) in [6, 6.07) is 6.02. The normalized spacial score (nSPS) is 12.0. The number of hydrogen-bond donors (Lipinski definition) is 1. The number of rotatable bonds is 3. The Morgan fingerprint density at radius 1 is 1.15 bits per heavy atom. The van der Waals surface area contributed by atoms with Crippen molar-refractivity contribution in [1.29, 1.82) is 0 Å². The molecule has 0 atom stereocenters. The maximum Gasteiger partial charge on any atom is 0.417 e. The predicted molar refractivity (Wildman–Crippen MR) is 99.4 cm³/mol. The van der Waals surface area contributed by atoms with Crippen LogP contribution in [0.5, 0.6) is 0 Å². The lowest BCUT2D eigenvalue weighted by molar-refractivity contribution is -0.137. The standard InChI is InChI=1S/C17H14Cl3F3N2O2/c1-9-3-4-11(5-10(9)2)14-13(6-12(7-24-14)17(21,22)23)25-15(26)27-8-16(18,19)20/h3-7H,8H2,1-2H3,(H,25,26). The van der Waals surface area contributed by atoms with Crippen molar-refractivity contribution in [2.45, 2.75) is 23.8 Å². The summed E-state index contributed by atoms with van der Waals surface area (Å²) in [4.78, 5) is 15.8. The molecule has 146 valence electrons. The van der Waals surface area contributed by atoms with Crippen LogP contribution in [0.4, 0.5) is 23.7 Å². The summed E-state index contributed by atoms with van der Waals surface area (Å²) in [5.41, 5.74) is 1.40. The van der Waals surface area contributed by atoms with Gasteiger partial charge in [0.1, 0.15) is 6.61 Å². The Labute approximate surface area is 168 Å². The van der Waals surface area contributed by atoms with Crippen LogP contribution in [0.3, 0.4) is 0 Å². The third-order valence-electron chi connectivity index (χ3n) is 3.60. The maximum atomic E-state index is 13.0. The number of carbonyl (C=O) groups excluding carboxylic acids is 1. The molecule has 4 nitrogen and oxygen atoms in total. The van der Waals surface area contributed by atoms with Crippen molar-refractivity contribution in [3.63, 3.8) is 0 Å². The largest absolute Gasteiger partial charge is 0.445 e. The molecule has 0 aliphatic carbocycles. The minimum Gasteiger partial charge on any atom is -0.445 e. The van der Waals surface area contributed by atoms with E-state index in [1.807, 2.05) is 13.8 Å². The predicted octanol–water partition coefficient (Wildman–Crippen LogP) is 6.30. The number of nitrogens with zero attached hydrogens (tertiary/aromatic N) is 1. The molecule has 0 radical (unpaired) electrons. The molecule has 27 heavy (non-hydrogen) atoms. The van der Waals surface area contributed by atoms with Crippen molar-refractivity contribution in [2.24, 2.45) is 0 Å². The monoisotopic (exact) mass is 440 g/mol. The van der Waals surface area contributed by atoms with Crippen LogP contribution in [-0.4, -0.2) is 21.5 Å². The number of aromatic nitrogens is 1. The molecule has 0 saturated carbocycles. The number of pyridine rings is 1. The summed E-state index contributed by atoms with van der Waals surface area (Å²) in [5, 5.41) is 2.23. The van der Waals surface area contributed by atoms with E-state index < -0.39 is 28.2 Å². The second kappa shape index (κ2) is 8.12. The zero-order chi connectivity index (χ0) is 20.4. The Hall–Kier alpha value is -1.70. The lowest BCUT2D eigenvalue weighted by Gasteiger charge is -2.16. The summed E-state index contributed by atoms with van der Waals surface area (Å²) in [6.07, 6.45) is -5.01. The molecule has 1 heterocycles. The second-order valence-electron chi connectivity index (χ2n) is 5.73. The first-order valence-electron chi connectivity index (χ1n) is 7.52. The molecule has 2 rings (SSSR count). The topological polar surface area (TPSA) is 51.2 Å². The highest BCUT2D eigenvalue weighted by Crippen LogP contribution is 2.35. The van der Waals surface area contributed by atoms with Crippen LogP contribution in [0.1, 0.15) is 16.7 Å². The quantitative estimate of drug-likeness (QED) is 0.568. The van der Waals surface area contributed by atoms with Gasteiger partial charge in [0.05, 0.1) is 16.9 Å². The van der Waals surface area contributed by atoms with Gasteiger partial charge in [0.15, 0.2) is 0 Å². The van der Waals surface area contributed by atoms with E-state index in [-0.39, 0.29) is 11.4 Å². The number of halogens is 6. The van der Waals surface area contributed by atoms with Gasteiger partial charge < -0.3 is 4.74 Å². The Bertz CT molecular complexity index is 852. The summed E-state index contributed by atoms with van der Waals surface area (Å²) < 4.78 is 41.9. The lowest BCUT2D eigenvalue weighted by Crippen LogP contribution is -2.22. The van der Waals surface area contributed by atoms with Crippen LogP contribution >= 0.6 is 34.8 Å². The molecule has 2 aromatic rings. The van der Waals surface area contributed by atoms with E-state index in [2.05, 4.69) is 10.3 Å². The van der Waals surface area contributed by atoms with Crippen LogP contribution in [0, 0.1) is 13.8 Å². The SMILES string of the molecule is Cc1ccc(-c2ncc(C(F)(F)F)cc2NC(=O)OCC(Cl)(Cl)Cl)cc1C. The van der Waals surface area contributed by atoms with Crippen molar-refractivity contribution in [1.82, 2.24) is 4.98 Å². The molecule has 0 aliphatic rings. The number of alkyl halides is 6. The number of anilines is 1. The molecule has 0 fully saturated rings. The van der Waals surface area contributed by atoms with E-state index in [9.17, 15) is 18.0 Å². The van der Waals surface area contributed by atoms with Crippen molar-refractivity contribution in [2.75, 3.05) is 11.9 Å². The van der Waals surface area contributed by atoms with Crippen LogP contribution in [0.25, 0.3) is 11.3 Å². The van der Waals surface area contributed by atoms with Crippen LogP contribution < -0.4 is 5.32 Å². The van der Waals surface area contributed by atoms with Gasteiger partial charge in [-0.15, -0.1) is 0 Å². The number of carbonyl (C=O) groups is 1. The molecule has 1 N–H and O–H groups in total. The Kier molecular flexibility index (Phi) is 6.50. The van der Waals surface area contributed by atoms with Gasteiger partial charge in [-0.25, -0.2) is 4.79 Å². The van der Waals surface area contributed by atoms with Gasteiger partial charge in [-0.05, 0) is 37.1 Å². The summed E-state index contributed by atoms with van der Waals surface area (Å²) in [6.45, 7) is 3.17. The smallest absolute Gasteiger partial charge is 0.417 e. The van der Waals surface area contributed by atoms with Crippen LogP contribution in [0.15, 0.2) is 30.5 Å². The highest BCUT2D eigenvalue weighted by atomic mass is 35.6. The van der Waals surface area contributed by atoms with Gasteiger partial charge in [0.2, 0.25) is 3.79 Å². The first kappa shape index (κ1) is 21.6. The van der Waals surface area contributed by atoms with Crippen LogP contribution in [0.2, 0.25) is 0 Å². The third-order valence-corrected chi connectivity index (χ3v) is 3.93. The fraction of sp³-hybridized carbons (Fsp3) is 0.294. The Morgan fingerprint density at radius 2 is 1.81 bits per heavy atom. The minimum atomic E-state index is -4.63. The number of hydrogen-bond acceptors (Lipinski definition) is 3. The van der Waals surface area contributed by atoms with Gasteiger partial charge in [0, 0.05) is 11.8 Å². The van der Waals surface area contributed by atoms with E-state index in [1.54, 1.807) is 18.2 Å². The number of amides is 1. The Morgan fingerprint density at radius 3 is 2.37 bits per heavy atom. The molecule has 0 spiro atoms. The lowest BCUT2D eigenvalue weighted by atomic mass is 10.0. The summed E-state index contributed by atoms with van der Waals surface area (Å²) in [7, 11) is 0. The van der Waals surface area contributed by atoms with E-state index >= 15 is 0 Å². The van der Waals surface area contributed by atoms with Crippen molar-refractivity contribution < 1.29 is 22.7 Å².